The van der Waals surface area contributed by atoms with Crippen molar-refractivity contribution in [3.8, 4) is 0 Å². The number of carbonyl (C=O) groups excluding carboxylic acids is 5. The number of carboxylic acid groups (broad SMARTS) is 2. The third-order valence-corrected chi connectivity index (χ3v) is 7.39. The van der Waals surface area contributed by atoms with Crippen LogP contribution < -0.4 is 49.1 Å². The summed E-state index contributed by atoms with van der Waals surface area (Å²) >= 11 is 0. The van der Waals surface area contributed by atoms with Crippen molar-refractivity contribution in [2.75, 3.05) is 19.7 Å². The average Bonchev–Trinajstić information content (AvgIpc) is 3.58. The van der Waals surface area contributed by atoms with E-state index in [0.717, 1.165) is 6.92 Å². The van der Waals surface area contributed by atoms with Crippen LogP contribution in [0.4, 0.5) is 0 Å². The third kappa shape index (κ3) is 16.5. The van der Waals surface area contributed by atoms with Crippen molar-refractivity contribution in [2.45, 2.75) is 94.2 Å². The molecule has 0 fully saturated rings. The summed E-state index contributed by atoms with van der Waals surface area (Å²) in [7, 11) is 0. The second kappa shape index (κ2) is 23.2. The molecule has 0 aliphatic heterocycles. The first-order chi connectivity index (χ1) is 24.5. The van der Waals surface area contributed by atoms with Gasteiger partial charge in [-0.15, -0.1) is 0 Å². The third-order valence-electron chi connectivity index (χ3n) is 7.39. The van der Waals surface area contributed by atoms with Gasteiger partial charge in [-0.25, -0.2) is 9.78 Å². The molecule has 0 aliphatic carbocycles. The fourth-order valence-corrected chi connectivity index (χ4v) is 4.59. The van der Waals surface area contributed by atoms with E-state index in [9.17, 15) is 48.9 Å². The standard InChI is InChI=1S/C29H50N12O11/c1-14(43)22(41-23(46)16(31)10-21(44)45)27(50)39-19(9-15-11-34-13-36-15)25(48)40-20(12-42)26(49)37-17(5-2-3-7-30)24(47)38-18(28(51)52)6-4-8-35-29(32)33/h11,13-14,16-20,22,42-43H,2-10,12,30-31H2,1H3,(H,34,36)(H,37,49)(H,38,47)(H,39,50)(H,40,48)(H,41,46)(H,44,45)(H,51,52)(H4,32,33,35)/t14-,16+,17+,18+,19+,20+,22+/m1/s1. The molecule has 0 aromatic carbocycles. The van der Waals surface area contributed by atoms with Gasteiger partial charge < -0.3 is 74.5 Å². The van der Waals surface area contributed by atoms with E-state index in [2.05, 4.69) is 41.9 Å². The van der Waals surface area contributed by atoms with E-state index in [1.54, 1.807) is 0 Å². The number of unbranched alkanes of at least 4 members (excludes halogenated alkanes) is 1. The van der Waals surface area contributed by atoms with Gasteiger partial charge in [0.15, 0.2) is 5.96 Å². The summed E-state index contributed by atoms with van der Waals surface area (Å²) in [6, 6.07) is -9.16. The van der Waals surface area contributed by atoms with Crippen LogP contribution in [0.15, 0.2) is 12.5 Å². The summed E-state index contributed by atoms with van der Waals surface area (Å²) in [6.45, 7) is 0.593. The molecule has 23 heteroatoms. The van der Waals surface area contributed by atoms with Crippen LogP contribution in [0.2, 0.25) is 0 Å². The number of guanidine groups is 1. The number of aromatic amines is 1. The first-order valence-corrected chi connectivity index (χ1v) is 16.3. The quantitative estimate of drug-likeness (QED) is 0.0252. The Morgan fingerprint density at radius 1 is 0.846 bits per heavy atom. The van der Waals surface area contributed by atoms with Gasteiger partial charge in [0.1, 0.15) is 30.2 Å². The zero-order chi connectivity index (χ0) is 39.4. The minimum absolute atomic E-state index is 0.0134. The molecule has 1 aromatic rings. The lowest BCUT2D eigenvalue weighted by Gasteiger charge is -2.27. The largest absolute Gasteiger partial charge is 0.481 e. The Bertz CT molecular complexity index is 1360. The van der Waals surface area contributed by atoms with Gasteiger partial charge in [-0.3, -0.25) is 34.2 Å². The van der Waals surface area contributed by atoms with E-state index in [1.165, 1.54) is 12.5 Å². The number of imidazole rings is 1. The van der Waals surface area contributed by atoms with Gasteiger partial charge in [-0.2, -0.15) is 0 Å². The summed E-state index contributed by atoms with van der Waals surface area (Å²) in [4.78, 5) is 94.9. The van der Waals surface area contributed by atoms with Crippen molar-refractivity contribution in [1.82, 2.24) is 41.9 Å². The summed E-state index contributed by atoms with van der Waals surface area (Å²) in [5.74, 6) is -8.14. The Balaban J connectivity index is 3.15. The minimum atomic E-state index is -1.70. The molecule has 0 bridgehead atoms. The Kier molecular flexibility index (Phi) is 19.9. The summed E-state index contributed by atoms with van der Waals surface area (Å²) in [5, 5.41) is 60.0. The van der Waals surface area contributed by atoms with Gasteiger partial charge in [0.05, 0.1) is 37.2 Å². The second-order valence-electron chi connectivity index (χ2n) is 11.7. The summed E-state index contributed by atoms with van der Waals surface area (Å²) in [5.41, 5.74) is 16.6. The highest BCUT2D eigenvalue weighted by Crippen LogP contribution is 2.07. The van der Waals surface area contributed by atoms with E-state index in [-0.39, 0.29) is 50.4 Å². The molecular weight excluding hydrogens is 692 g/mol. The van der Waals surface area contributed by atoms with Crippen molar-refractivity contribution in [2.24, 2.45) is 17.2 Å². The predicted octanol–water partition coefficient (Wildman–Crippen LogP) is -5.97. The first-order valence-electron chi connectivity index (χ1n) is 16.3. The Morgan fingerprint density at radius 3 is 1.96 bits per heavy atom. The van der Waals surface area contributed by atoms with Gasteiger partial charge in [-0.05, 0) is 45.6 Å². The van der Waals surface area contributed by atoms with E-state index >= 15 is 0 Å². The van der Waals surface area contributed by atoms with Crippen molar-refractivity contribution >= 4 is 47.4 Å². The highest BCUT2D eigenvalue weighted by molar-refractivity contribution is 5.97. The SMILES string of the molecule is C[C@@H](O)[C@H](NC(=O)[C@@H](N)CC(=O)O)C(=O)N[C@@H](Cc1c[nH]cn1)C(=O)N[C@@H](CO)C(=O)N[C@@H](CCCCN)C(=O)N[C@@H](CCCNC(=N)N)C(=O)O. The van der Waals surface area contributed by atoms with Crippen LogP contribution in [-0.2, 0) is 40.0 Å². The predicted molar refractivity (Wildman–Crippen MR) is 181 cm³/mol. The van der Waals surface area contributed by atoms with E-state index in [0.29, 0.717) is 12.8 Å². The van der Waals surface area contributed by atoms with Gasteiger partial charge in [-0.1, -0.05) is 0 Å². The van der Waals surface area contributed by atoms with Crippen LogP contribution in [0, 0.1) is 5.41 Å². The molecule has 0 spiro atoms. The maximum Gasteiger partial charge on any atom is 0.326 e. The molecule has 5 amide bonds. The molecule has 292 valence electrons. The molecule has 1 aromatic heterocycles. The van der Waals surface area contributed by atoms with Crippen molar-refractivity contribution in [3.05, 3.63) is 18.2 Å². The molecule has 52 heavy (non-hydrogen) atoms. The molecule has 1 heterocycles. The highest BCUT2D eigenvalue weighted by atomic mass is 16.4. The normalized spacial score (nSPS) is 14.9. The molecule has 0 saturated heterocycles. The van der Waals surface area contributed by atoms with E-state index in [1.807, 2.05) is 0 Å². The van der Waals surface area contributed by atoms with Crippen molar-refractivity contribution in [3.63, 3.8) is 0 Å². The van der Waals surface area contributed by atoms with Gasteiger partial charge in [0.25, 0.3) is 0 Å². The van der Waals surface area contributed by atoms with Crippen molar-refractivity contribution in [1.29, 1.82) is 5.41 Å². The average molecular weight is 743 g/mol. The van der Waals surface area contributed by atoms with Crippen LogP contribution in [0.3, 0.4) is 0 Å². The number of nitrogens with one attached hydrogen (secondary N) is 8. The number of nitrogens with zero attached hydrogens (tertiary/aromatic N) is 1. The summed E-state index contributed by atoms with van der Waals surface area (Å²) in [6.07, 6.45) is 1.05. The molecule has 23 nitrogen and oxygen atoms in total. The minimum Gasteiger partial charge on any atom is -0.481 e. The molecule has 18 N–H and O–H groups in total. The van der Waals surface area contributed by atoms with E-state index in [4.69, 9.17) is 27.7 Å². The number of rotatable bonds is 25. The number of aromatic nitrogens is 2. The molecule has 1 rings (SSSR count). The maximum absolute atomic E-state index is 13.5. The lowest BCUT2D eigenvalue weighted by Crippen LogP contribution is -2.61. The van der Waals surface area contributed by atoms with Crippen LogP contribution in [0.5, 0.6) is 0 Å². The molecule has 0 aliphatic rings. The zero-order valence-corrected chi connectivity index (χ0v) is 28.6. The number of carboxylic acids is 2. The van der Waals surface area contributed by atoms with Gasteiger partial charge in [0.2, 0.25) is 29.5 Å². The number of hydrogen-bond donors (Lipinski definition) is 15. The molecule has 0 saturated carbocycles. The van der Waals surface area contributed by atoms with Gasteiger partial charge in [0, 0.05) is 19.2 Å². The summed E-state index contributed by atoms with van der Waals surface area (Å²) < 4.78 is 0. The maximum atomic E-state index is 13.5. The van der Waals surface area contributed by atoms with Crippen LogP contribution >= 0.6 is 0 Å². The lowest BCUT2D eigenvalue weighted by molar-refractivity contribution is -0.142. The van der Waals surface area contributed by atoms with Gasteiger partial charge >= 0.3 is 11.9 Å². The number of hydrogen-bond acceptors (Lipinski definition) is 13. The molecule has 0 radical (unpaired) electrons. The highest BCUT2D eigenvalue weighted by Gasteiger charge is 2.34. The monoisotopic (exact) mass is 742 g/mol. The number of aliphatic hydroxyl groups excluding tert-OH is 2. The Labute approximate surface area is 298 Å². The number of aliphatic carboxylic acids is 2. The number of carbonyl (C=O) groups is 7. The topological polar surface area (TPSA) is 403 Å². The van der Waals surface area contributed by atoms with Crippen LogP contribution in [0.25, 0.3) is 0 Å². The van der Waals surface area contributed by atoms with Crippen molar-refractivity contribution < 1.29 is 54.0 Å². The number of amides is 5. The Morgan fingerprint density at radius 2 is 1.42 bits per heavy atom. The Hall–Kier alpha value is -5.39. The van der Waals surface area contributed by atoms with Crippen LogP contribution in [0.1, 0.15) is 51.1 Å². The lowest BCUT2D eigenvalue weighted by atomic mass is 10.1. The molecular formula is C29H50N12O11. The van der Waals surface area contributed by atoms with Crippen LogP contribution in [-0.4, -0.2) is 140 Å². The first kappa shape index (κ1) is 44.6. The fraction of sp³-hybridized carbons (Fsp3) is 0.621. The smallest absolute Gasteiger partial charge is 0.326 e. The molecule has 7 atom stereocenters. The second-order valence-corrected chi connectivity index (χ2v) is 11.7. The fourth-order valence-electron chi connectivity index (χ4n) is 4.59. The number of H-pyrrole nitrogens is 1. The number of nitrogens with two attached hydrogens (primary N) is 3. The number of aliphatic hydroxyl groups is 2. The zero-order valence-electron chi connectivity index (χ0n) is 28.6. The van der Waals surface area contributed by atoms with E-state index < -0.39 is 96.9 Å². The molecule has 0 unspecified atom stereocenters.